The summed E-state index contributed by atoms with van der Waals surface area (Å²) in [5.74, 6) is 0.0432. The van der Waals surface area contributed by atoms with E-state index in [1.807, 2.05) is 0 Å². The molecule has 0 amide bonds. The van der Waals surface area contributed by atoms with Crippen LogP contribution in [0.1, 0.15) is 25.7 Å². The standard InChI is InChI=1S/C11H20O5S/c1-15-11(5-7-16-8-6-11)10(12)4-3-9-17(2,13)14/h3-9H2,1-2H3. The summed E-state index contributed by atoms with van der Waals surface area (Å²) in [5, 5.41) is 0. The molecule has 0 radical (unpaired) electrons. The smallest absolute Gasteiger partial charge is 0.164 e. The molecule has 0 N–H and O–H groups in total. The summed E-state index contributed by atoms with van der Waals surface area (Å²) in [6.07, 6.45) is 2.91. The van der Waals surface area contributed by atoms with Gasteiger partial charge in [-0.05, 0) is 6.42 Å². The van der Waals surface area contributed by atoms with Crippen LogP contribution in [0.4, 0.5) is 0 Å². The van der Waals surface area contributed by atoms with E-state index in [1.165, 1.54) is 13.4 Å². The zero-order valence-corrected chi connectivity index (χ0v) is 11.2. The molecule has 1 aliphatic rings. The number of hydrogen-bond donors (Lipinski definition) is 0. The van der Waals surface area contributed by atoms with Crippen molar-refractivity contribution in [3.8, 4) is 0 Å². The van der Waals surface area contributed by atoms with E-state index < -0.39 is 15.4 Å². The van der Waals surface area contributed by atoms with E-state index in [9.17, 15) is 13.2 Å². The van der Waals surface area contributed by atoms with Crippen molar-refractivity contribution in [3.05, 3.63) is 0 Å². The Balaban J connectivity index is 2.49. The maximum atomic E-state index is 12.1. The molecule has 1 aliphatic heterocycles. The number of ether oxygens (including phenoxy) is 2. The highest BCUT2D eigenvalue weighted by Gasteiger charge is 2.39. The van der Waals surface area contributed by atoms with Gasteiger partial charge in [-0.3, -0.25) is 4.79 Å². The van der Waals surface area contributed by atoms with Gasteiger partial charge in [-0.25, -0.2) is 8.42 Å². The summed E-state index contributed by atoms with van der Waals surface area (Å²) >= 11 is 0. The van der Waals surface area contributed by atoms with Crippen LogP contribution in [0.15, 0.2) is 0 Å². The number of ketones is 1. The molecule has 0 saturated carbocycles. The van der Waals surface area contributed by atoms with Gasteiger partial charge in [-0.2, -0.15) is 0 Å². The number of carbonyl (C=O) groups is 1. The summed E-state index contributed by atoms with van der Waals surface area (Å²) in [4.78, 5) is 12.1. The molecule has 1 saturated heterocycles. The van der Waals surface area contributed by atoms with Crippen LogP contribution < -0.4 is 0 Å². The van der Waals surface area contributed by atoms with Crippen LogP contribution in [-0.2, 0) is 24.1 Å². The molecule has 0 aromatic heterocycles. The first-order valence-electron chi connectivity index (χ1n) is 5.73. The van der Waals surface area contributed by atoms with Crippen molar-refractivity contribution in [1.29, 1.82) is 0 Å². The fourth-order valence-corrected chi connectivity index (χ4v) is 2.69. The quantitative estimate of drug-likeness (QED) is 0.701. The average molecular weight is 264 g/mol. The lowest BCUT2D eigenvalue weighted by Gasteiger charge is -2.34. The molecule has 0 bridgehead atoms. The van der Waals surface area contributed by atoms with Crippen molar-refractivity contribution < 1.29 is 22.7 Å². The minimum absolute atomic E-state index is 0.00745. The maximum absolute atomic E-state index is 12.1. The fourth-order valence-electron chi connectivity index (χ4n) is 2.02. The third-order valence-electron chi connectivity index (χ3n) is 3.12. The maximum Gasteiger partial charge on any atom is 0.164 e. The lowest BCUT2D eigenvalue weighted by Crippen LogP contribution is -2.45. The molecule has 6 heteroatoms. The Bertz CT molecular complexity index is 354. The Morgan fingerprint density at radius 3 is 2.41 bits per heavy atom. The van der Waals surface area contributed by atoms with Gasteiger partial charge in [-0.1, -0.05) is 0 Å². The van der Waals surface area contributed by atoms with E-state index in [0.29, 0.717) is 32.5 Å². The van der Waals surface area contributed by atoms with Crippen LogP contribution in [0, 0.1) is 0 Å². The van der Waals surface area contributed by atoms with Crippen LogP contribution in [0.3, 0.4) is 0 Å². The Hall–Kier alpha value is -0.460. The first-order valence-corrected chi connectivity index (χ1v) is 7.80. The molecule has 5 nitrogen and oxygen atoms in total. The van der Waals surface area contributed by atoms with E-state index in [-0.39, 0.29) is 18.0 Å². The van der Waals surface area contributed by atoms with Gasteiger partial charge in [0.15, 0.2) is 5.78 Å². The molecular weight excluding hydrogens is 244 g/mol. The van der Waals surface area contributed by atoms with Gasteiger partial charge in [0.1, 0.15) is 15.4 Å². The molecule has 0 aromatic carbocycles. The summed E-state index contributed by atoms with van der Waals surface area (Å²) in [7, 11) is -1.47. The van der Waals surface area contributed by atoms with Crippen molar-refractivity contribution in [2.45, 2.75) is 31.3 Å². The normalized spacial score (nSPS) is 20.1. The molecule has 0 aliphatic carbocycles. The minimum atomic E-state index is -2.99. The van der Waals surface area contributed by atoms with Crippen molar-refractivity contribution in [2.75, 3.05) is 32.3 Å². The second kappa shape index (κ2) is 5.93. The predicted octanol–water partition coefficient (Wildman–Crippen LogP) is 0.576. The van der Waals surface area contributed by atoms with E-state index in [2.05, 4.69) is 0 Å². The molecule has 1 rings (SSSR count). The Labute approximate surface area is 102 Å². The molecular formula is C11H20O5S. The second-order valence-electron chi connectivity index (χ2n) is 4.47. The summed E-state index contributed by atoms with van der Waals surface area (Å²) in [5.41, 5.74) is -0.754. The lowest BCUT2D eigenvalue weighted by molar-refractivity contribution is -0.152. The van der Waals surface area contributed by atoms with Gasteiger partial charge in [0, 0.05) is 45.8 Å². The first kappa shape index (κ1) is 14.6. The Kier molecular flexibility index (Phi) is 5.09. The zero-order chi connectivity index (χ0) is 12.9. The molecule has 0 aromatic rings. The van der Waals surface area contributed by atoms with Crippen molar-refractivity contribution in [1.82, 2.24) is 0 Å². The van der Waals surface area contributed by atoms with E-state index in [1.54, 1.807) is 0 Å². The zero-order valence-electron chi connectivity index (χ0n) is 10.4. The van der Waals surface area contributed by atoms with E-state index >= 15 is 0 Å². The number of rotatable bonds is 6. The minimum Gasteiger partial charge on any atom is -0.381 e. The monoisotopic (exact) mass is 264 g/mol. The van der Waals surface area contributed by atoms with Crippen LogP contribution in [0.25, 0.3) is 0 Å². The molecule has 1 heterocycles. The van der Waals surface area contributed by atoms with E-state index in [4.69, 9.17) is 9.47 Å². The molecule has 0 spiro atoms. The molecule has 0 atom stereocenters. The number of methoxy groups -OCH3 is 1. The highest BCUT2D eigenvalue weighted by atomic mass is 32.2. The number of hydrogen-bond acceptors (Lipinski definition) is 5. The molecule has 1 fully saturated rings. The highest BCUT2D eigenvalue weighted by molar-refractivity contribution is 7.90. The first-order chi connectivity index (χ1) is 7.90. The van der Waals surface area contributed by atoms with E-state index in [0.717, 1.165) is 0 Å². The largest absolute Gasteiger partial charge is 0.381 e. The van der Waals surface area contributed by atoms with Crippen LogP contribution in [0.5, 0.6) is 0 Å². The molecule has 100 valence electrons. The molecule has 17 heavy (non-hydrogen) atoms. The average Bonchev–Trinajstić information content (AvgIpc) is 2.28. The van der Waals surface area contributed by atoms with Crippen LogP contribution >= 0.6 is 0 Å². The SMILES string of the molecule is COC1(C(=O)CCCS(C)(=O)=O)CCOCC1. The van der Waals surface area contributed by atoms with Crippen LogP contribution in [-0.4, -0.2) is 52.1 Å². The lowest BCUT2D eigenvalue weighted by atomic mass is 9.87. The van der Waals surface area contributed by atoms with Crippen molar-refractivity contribution >= 4 is 15.6 Å². The van der Waals surface area contributed by atoms with Gasteiger partial charge in [-0.15, -0.1) is 0 Å². The topological polar surface area (TPSA) is 69.7 Å². The number of Topliss-reactive ketones (excluding diaryl/α,β-unsaturated/α-hetero) is 1. The van der Waals surface area contributed by atoms with Gasteiger partial charge in [0.2, 0.25) is 0 Å². The third-order valence-corrected chi connectivity index (χ3v) is 4.15. The van der Waals surface area contributed by atoms with Gasteiger partial charge >= 0.3 is 0 Å². The third kappa shape index (κ3) is 4.37. The highest BCUT2D eigenvalue weighted by Crippen LogP contribution is 2.27. The Morgan fingerprint density at radius 2 is 1.94 bits per heavy atom. The summed E-state index contributed by atoms with van der Waals surface area (Å²) < 4.78 is 32.5. The Morgan fingerprint density at radius 1 is 1.35 bits per heavy atom. The van der Waals surface area contributed by atoms with Crippen LogP contribution in [0.2, 0.25) is 0 Å². The van der Waals surface area contributed by atoms with Gasteiger partial charge in [0.25, 0.3) is 0 Å². The number of carbonyl (C=O) groups excluding carboxylic acids is 1. The van der Waals surface area contributed by atoms with Crippen molar-refractivity contribution in [2.24, 2.45) is 0 Å². The summed E-state index contributed by atoms with van der Waals surface area (Å²) in [6.45, 7) is 1.04. The van der Waals surface area contributed by atoms with Gasteiger partial charge in [0.05, 0.1) is 5.75 Å². The van der Waals surface area contributed by atoms with Crippen molar-refractivity contribution in [3.63, 3.8) is 0 Å². The predicted molar refractivity (Wildman–Crippen MR) is 63.7 cm³/mol. The van der Waals surface area contributed by atoms with Gasteiger partial charge < -0.3 is 9.47 Å². The fraction of sp³-hybridized carbons (Fsp3) is 0.909. The second-order valence-corrected chi connectivity index (χ2v) is 6.73. The molecule has 0 unspecified atom stereocenters. The number of sulfone groups is 1. The summed E-state index contributed by atoms with van der Waals surface area (Å²) in [6, 6.07) is 0.